The van der Waals surface area contributed by atoms with Crippen LogP contribution in [0.15, 0.2) is 0 Å². The SMILES string of the molecule is CCNC(CCC1CCCO1)C1(OC)CCCCCC1. The molecular formula is C17H33NO2. The van der Waals surface area contributed by atoms with Gasteiger partial charge in [-0.3, -0.25) is 0 Å². The van der Waals surface area contributed by atoms with Gasteiger partial charge in [0.25, 0.3) is 0 Å². The molecule has 0 bridgehead atoms. The van der Waals surface area contributed by atoms with Crippen molar-refractivity contribution in [3.8, 4) is 0 Å². The summed E-state index contributed by atoms with van der Waals surface area (Å²) < 4.78 is 11.9. The minimum absolute atomic E-state index is 0.0606. The van der Waals surface area contributed by atoms with E-state index in [1.54, 1.807) is 0 Å². The van der Waals surface area contributed by atoms with Gasteiger partial charge in [-0.15, -0.1) is 0 Å². The molecule has 1 aliphatic carbocycles. The normalized spacial score (nSPS) is 28.2. The lowest BCUT2D eigenvalue weighted by Gasteiger charge is -2.40. The molecule has 2 aliphatic rings. The molecular weight excluding hydrogens is 250 g/mol. The third-order valence-electron chi connectivity index (χ3n) is 5.24. The van der Waals surface area contributed by atoms with Crippen molar-refractivity contribution in [3.63, 3.8) is 0 Å². The third kappa shape index (κ3) is 4.19. The van der Waals surface area contributed by atoms with Gasteiger partial charge in [0.15, 0.2) is 0 Å². The maximum Gasteiger partial charge on any atom is 0.0830 e. The molecule has 0 radical (unpaired) electrons. The van der Waals surface area contributed by atoms with Crippen LogP contribution in [0, 0.1) is 0 Å². The predicted octanol–water partition coefficient (Wildman–Crippen LogP) is 3.66. The smallest absolute Gasteiger partial charge is 0.0830 e. The summed E-state index contributed by atoms with van der Waals surface area (Å²) >= 11 is 0. The number of hydrogen-bond donors (Lipinski definition) is 1. The first kappa shape index (κ1) is 16.3. The molecule has 1 saturated heterocycles. The summed E-state index contributed by atoms with van der Waals surface area (Å²) in [6.45, 7) is 4.20. The molecule has 0 aromatic carbocycles. The zero-order chi connectivity index (χ0) is 14.3. The molecule has 1 saturated carbocycles. The average molecular weight is 283 g/mol. The molecule has 3 heteroatoms. The van der Waals surface area contributed by atoms with Crippen molar-refractivity contribution in [1.29, 1.82) is 0 Å². The second-order valence-corrected chi connectivity index (χ2v) is 6.51. The second kappa shape index (κ2) is 8.35. The second-order valence-electron chi connectivity index (χ2n) is 6.51. The van der Waals surface area contributed by atoms with E-state index in [1.165, 1.54) is 64.2 Å². The lowest BCUT2D eigenvalue weighted by atomic mass is 9.83. The Balaban J connectivity index is 1.95. The predicted molar refractivity (Wildman–Crippen MR) is 83.1 cm³/mol. The summed E-state index contributed by atoms with van der Waals surface area (Å²) in [6, 6.07) is 0.486. The van der Waals surface area contributed by atoms with E-state index in [4.69, 9.17) is 9.47 Å². The summed E-state index contributed by atoms with van der Waals surface area (Å²) in [5, 5.41) is 3.72. The fraction of sp³-hybridized carbons (Fsp3) is 1.00. The van der Waals surface area contributed by atoms with E-state index in [0.717, 1.165) is 13.2 Å². The van der Waals surface area contributed by atoms with Gasteiger partial charge in [-0.2, -0.15) is 0 Å². The highest BCUT2D eigenvalue weighted by atomic mass is 16.5. The van der Waals surface area contributed by atoms with Crippen LogP contribution in [0.4, 0.5) is 0 Å². The number of likely N-dealkylation sites (N-methyl/N-ethyl adjacent to an activating group) is 1. The van der Waals surface area contributed by atoms with E-state index in [-0.39, 0.29) is 5.60 Å². The summed E-state index contributed by atoms with van der Waals surface area (Å²) in [7, 11) is 1.92. The minimum Gasteiger partial charge on any atom is -0.378 e. The zero-order valence-corrected chi connectivity index (χ0v) is 13.5. The van der Waals surface area contributed by atoms with Crippen LogP contribution in [0.5, 0.6) is 0 Å². The number of ether oxygens (including phenoxy) is 2. The topological polar surface area (TPSA) is 30.5 Å². The first-order valence-corrected chi connectivity index (χ1v) is 8.71. The Morgan fingerprint density at radius 1 is 1.20 bits per heavy atom. The Hall–Kier alpha value is -0.120. The van der Waals surface area contributed by atoms with Crippen molar-refractivity contribution >= 4 is 0 Å². The highest BCUT2D eigenvalue weighted by Gasteiger charge is 2.38. The monoisotopic (exact) mass is 283 g/mol. The molecule has 2 fully saturated rings. The van der Waals surface area contributed by atoms with Gasteiger partial charge in [-0.1, -0.05) is 32.6 Å². The average Bonchev–Trinajstić information content (AvgIpc) is 2.87. The Kier molecular flexibility index (Phi) is 6.79. The number of hydrogen-bond acceptors (Lipinski definition) is 3. The highest BCUT2D eigenvalue weighted by Crippen LogP contribution is 2.35. The summed E-state index contributed by atoms with van der Waals surface area (Å²) in [5.41, 5.74) is 0.0606. The highest BCUT2D eigenvalue weighted by molar-refractivity contribution is 4.94. The van der Waals surface area contributed by atoms with Gasteiger partial charge in [0.05, 0.1) is 11.7 Å². The lowest BCUT2D eigenvalue weighted by Crippen LogP contribution is -2.52. The molecule has 2 unspecified atom stereocenters. The fourth-order valence-corrected chi connectivity index (χ4v) is 4.04. The number of rotatable bonds is 7. The minimum atomic E-state index is 0.0606. The zero-order valence-electron chi connectivity index (χ0n) is 13.5. The van der Waals surface area contributed by atoms with E-state index in [9.17, 15) is 0 Å². The quantitative estimate of drug-likeness (QED) is 0.723. The van der Waals surface area contributed by atoms with E-state index in [2.05, 4.69) is 12.2 Å². The van der Waals surface area contributed by atoms with Crippen molar-refractivity contribution in [2.45, 2.75) is 88.9 Å². The lowest BCUT2D eigenvalue weighted by molar-refractivity contribution is -0.0572. The molecule has 0 spiro atoms. The van der Waals surface area contributed by atoms with Crippen LogP contribution in [0.2, 0.25) is 0 Å². The third-order valence-corrected chi connectivity index (χ3v) is 5.24. The van der Waals surface area contributed by atoms with Crippen molar-refractivity contribution in [1.82, 2.24) is 5.32 Å². The van der Waals surface area contributed by atoms with Crippen LogP contribution in [-0.2, 0) is 9.47 Å². The van der Waals surface area contributed by atoms with Gasteiger partial charge in [0, 0.05) is 19.8 Å². The van der Waals surface area contributed by atoms with E-state index in [1.807, 2.05) is 7.11 Å². The van der Waals surface area contributed by atoms with Gasteiger partial charge in [0.1, 0.15) is 0 Å². The van der Waals surface area contributed by atoms with Crippen molar-refractivity contribution in [2.75, 3.05) is 20.3 Å². The standard InChI is InChI=1S/C17H33NO2/c1-3-18-16(11-10-15-9-8-14-20-15)17(19-2)12-6-4-5-7-13-17/h15-16,18H,3-14H2,1-2H3. The molecule has 0 aromatic heterocycles. The Morgan fingerprint density at radius 2 is 1.95 bits per heavy atom. The van der Waals surface area contributed by atoms with Crippen LogP contribution in [-0.4, -0.2) is 38.0 Å². The Morgan fingerprint density at radius 3 is 2.50 bits per heavy atom. The van der Waals surface area contributed by atoms with Gasteiger partial charge in [-0.25, -0.2) is 0 Å². The van der Waals surface area contributed by atoms with E-state index in [0.29, 0.717) is 12.1 Å². The largest absolute Gasteiger partial charge is 0.378 e. The molecule has 0 amide bonds. The van der Waals surface area contributed by atoms with Gasteiger partial charge < -0.3 is 14.8 Å². The molecule has 20 heavy (non-hydrogen) atoms. The van der Waals surface area contributed by atoms with E-state index < -0.39 is 0 Å². The molecule has 2 rings (SSSR count). The number of nitrogens with one attached hydrogen (secondary N) is 1. The van der Waals surface area contributed by atoms with Crippen molar-refractivity contribution < 1.29 is 9.47 Å². The molecule has 118 valence electrons. The number of methoxy groups -OCH3 is 1. The molecule has 2 atom stereocenters. The summed E-state index contributed by atoms with van der Waals surface area (Å²) in [4.78, 5) is 0. The first-order valence-electron chi connectivity index (χ1n) is 8.71. The fourth-order valence-electron chi connectivity index (χ4n) is 4.04. The van der Waals surface area contributed by atoms with Crippen LogP contribution < -0.4 is 5.32 Å². The van der Waals surface area contributed by atoms with Gasteiger partial charge in [0.2, 0.25) is 0 Å². The van der Waals surface area contributed by atoms with Crippen LogP contribution in [0.3, 0.4) is 0 Å². The molecule has 1 aliphatic heterocycles. The van der Waals surface area contributed by atoms with Crippen LogP contribution in [0.1, 0.15) is 71.1 Å². The summed E-state index contributed by atoms with van der Waals surface area (Å²) in [5.74, 6) is 0. The maximum absolute atomic E-state index is 6.09. The molecule has 0 aromatic rings. The van der Waals surface area contributed by atoms with Gasteiger partial charge >= 0.3 is 0 Å². The first-order chi connectivity index (χ1) is 9.80. The molecule has 1 heterocycles. The van der Waals surface area contributed by atoms with Crippen LogP contribution >= 0.6 is 0 Å². The van der Waals surface area contributed by atoms with Crippen molar-refractivity contribution in [3.05, 3.63) is 0 Å². The van der Waals surface area contributed by atoms with Crippen LogP contribution in [0.25, 0.3) is 0 Å². The Labute approximate surface area is 124 Å². The molecule has 3 nitrogen and oxygen atoms in total. The summed E-state index contributed by atoms with van der Waals surface area (Å²) in [6.07, 6.45) is 13.2. The van der Waals surface area contributed by atoms with Crippen molar-refractivity contribution in [2.24, 2.45) is 0 Å². The maximum atomic E-state index is 6.09. The van der Waals surface area contributed by atoms with Gasteiger partial charge in [-0.05, 0) is 45.1 Å². The Bertz CT molecular complexity index is 256. The molecule has 1 N–H and O–H groups in total. The van der Waals surface area contributed by atoms with E-state index >= 15 is 0 Å².